The molecule has 32 heavy (non-hydrogen) atoms. The molecule has 0 fully saturated rings. The molecule has 1 amide bonds. The van der Waals surface area contributed by atoms with Gasteiger partial charge in [0.1, 0.15) is 0 Å². The van der Waals surface area contributed by atoms with Crippen LogP contribution in [-0.4, -0.2) is 21.2 Å². The second-order valence-corrected chi connectivity index (χ2v) is 8.72. The van der Waals surface area contributed by atoms with Crippen LogP contribution in [0.4, 0.5) is 0 Å². The van der Waals surface area contributed by atoms with Crippen molar-refractivity contribution < 1.29 is 4.79 Å². The van der Waals surface area contributed by atoms with Crippen LogP contribution in [-0.2, 0) is 11.3 Å². The van der Waals surface area contributed by atoms with Gasteiger partial charge in [0.2, 0.25) is 5.91 Å². The molecule has 1 atom stereocenters. The summed E-state index contributed by atoms with van der Waals surface area (Å²) in [6.45, 7) is 4.39. The normalized spacial score (nSPS) is 11.9. The second-order valence-electron chi connectivity index (χ2n) is 7.78. The molecule has 1 heterocycles. The van der Waals surface area contributed by atoms with Gasteiger partial charge in [-0.1, -0.05) is 84.1 Å². The minimum Gasteiger partial charge on any atom is -0.349 e. The predicted molar refractivity (Wildman–Crippen MR) is 130 cm³/mol. The molecular weight excluding hydrogens is 418 g/mol. The highest BCUT2D eigenvalue weighted by molar-refractivity contribution is 7.99. The van der Waals surface area contributed by atoms with Crippen molar-refractivity contribution in [1.29, 1.82) is 0 Å². The molecule has 0 aliphatic carbocycles. The zero-order valence-corrected chi connectivity index (χ0v) is 18.9. The van der Waals surface area contributed by atoms with Crippen molar-refractivity contribution in [3.8, 4) is 0 Å². The molecule has 0 saturated carbocycles. The van der Waals surface area contributed by atoms with E-state index in [1.54, 1.807) is 10.6 Å². The van der Waals surface area contributed by atoms with E-state index in [1.807, 2.05) is 86.6 Å². The van der Waals surface area contributed by atoms with Crippen LogP contribution in [0.3, 0.4) is 0 Å². The number of rotatable bonds is 7. The Balaban J connectivity index is 1.57. The average molecular weight is 444 g/mol. The first-order chi connectivity index (χ1) is 15.5. The van der Waals surface area contributed by atoms with E-state index in [0.717, 1.165) is 16.7 Å². The van der Waals surface area contributed by atoms with Crippen LogP contribution in [0.15, 0.2) is 88.8 Å². The molecule has 0 saturated heterocycles. The highest BCUT2D eigenvalue weighted by Crippen LogP contribution is 2.20. The van der Waals surface area contributed by atoms with Gasteiger partial charge in [-0.2, -0.15) is 0 Å². The van der Waals surface area contributed by atoms with Gasteiger partial charge in [-0.15, -0.1) is 0 Å². The van der Waals surface area contributed by atoms with Gasteiger partial charge in [0.15, 0.2) is 5.16 Å². The fourth-order valence-corrected chi connectivity index (χ4v) is 4.32. The number of aryl methyl sites for hydroxylation is 1. The number of aromatic nitrogens is 2. The SMILES string of the molecule is Cc1ccc(Cn2c(SCC(=O)NC(C)c3ccccc3)nc3ccccc3c2=O)cc1. The van der Waals surface area contributed by atoms with Gasteiger partial charge >= 0.3 is 0 Å². The lowest BCUT2D eigenvalue weighted by Gasteiger charge is -2.16. The van der Waals surface area contributed by atoms with Crippen molar-refractivity contribution in [2.45, 2.75) is 31.6 Å². The predicted octanol–water partition coefficient (Wildman–Crippen LogP) is 4.72. The molecule has 5 nitrogen and oxygen atoms in total. The Kier molecular flexibility index (Phi) is 6.71. The lowest BCUT2D eigenvalue weighted by atomic mass is 10.1. The fourth-order valence-electron chi connectivity index (χ4n) is 3.51. The van der Waals surface area contributed by atoms with E-state index in [-0.39, 0.29) is 23.3 Å². The quantitative estimate of drug-likeness (QED) is 0.332. The number of nitrogens with one attached hydrogen (secondary N) is 1. The third kappa shape index (κ3) is 5.08. The first-order valence-corrected chi connectivity index (χ1v) is 11.5. The van der Waals surface area contributed by atoms with E-state index in [9.17, 15) is 9.59 Å². The van der Waals surface area contributed by atoms with Gasteiger partial charge in [-0.3, -0.25) is 14.2 Å². The number of carbonyl (C=O) groups is 1. The molecule has 0 aliphatic rings. The minimum absolute atomic E-state index is 0.0939. The number of hydrogen-bond acceptors (Lipinski definition) is 4. The zero-order valence-electron chi connectivity index (χ0n) is 18.1. The van der Waals surface area contributed by atoms with Crippen LogP contribution in [0, 0.1) is 6.92 Å². The molecule has 1 aromatic heterocycles. The van der Waals surface area contributed by atoms with Crippen molar-refractivity contribution in [3.63, 3.8) is 0 Å². The Morgan fingerprint density at radius 2 is 1.69 bits per heavy atom. The maximum absolute atomic E-state index is 13.2. The molecular formula is C26H25N3O2S. The summed E-state index contributed by atoms with van der Waals surface area (Å²) >= 11 is 1.28. The molecule has 6 heteroatoms. The molecule has 3 aromatic carbocycles. The van der Waals surface area contributed by atoms with Crippen molar-refractivity contribution >= 4 is 28.6 Å². The maximum Gasteiger partial charge on any atom is 0.262 e. The Hall–Kier alpha value is -3.38. The summed E-state index contributed by atoms with van der Waals surface area (Å²) in [7, 11) is 0. The number of fused-ring (bicyclic) bond motifs is 1. The van der Waals surface area contributed by atoms with Crippen LogP contribution in [0.2, 0.25) is 0 Å². The average Bonchev–Trinajstić information content (AvgIpc) is 2.81. The lowest BCUT2D eigenvalue weighted by molar-refractivity contribution is -0.119. The molecule has 0 spiro atoms. The van der Waals surface area contributed by atoms with E-state index >= 15 is 0 Å². The van der Waals surface area contributed by atoms with Gasteiger partial charge in [0.25, 0.3) is 5.56 Å². The first kappa shape index (κ1) is 21.8. The third-order valence-corrected chi connectivity index (χ3v) is 6.27. The van der Waals surface area contributed by atoms with Gasteiger partial charge in [-0.05, 0) is 37.1 Å². The van der Waals surface area contributed by atoms with Crippen LogP contribution in [0.1, 0.15) is 29.7 Å². The van der Waals surface area contributed by atoms with Gasteiger partial charge in [0.05, 0.1) is 29.2 Å². The summed E-state index contributed by atoms with van der Waals surface area (Å²) < 4.78 is 1.66. The van der Waals surface area contributed by atoms with E-state index in [4.69, 9.17) is 4.98 Å². The zero-order chi connectivity index (χ0) is 22.5. The largest absolute Gasteiger partial charge is 0.349 e. The second kappa shape index (κ2) is 9.83. The summed E-state index contributed by atoms with van der Waals surface area (Å²) in [5.41, 5.74) is 3.76. The van der Waals surface area contributed by atoms with Crippen molar-refractivity contribution in [2.75, 3.05) is 5.75 Å². The van der Waals surface area contributed by atoms with Crippen LogP contribution >= 0.6 is 11.8 Å². The molecule has 4 aromatic rings. The molecule has 162 valence electrons. The lowest BCUT2D eigenvalue weighted by Crippen LogP contribution is -2.29. The fraction of sp³-hybridized carbons (Fsp3) is 0.192. The van der Waals surface area contributed by atoms with E-state index in [2.05, 4.69) is 5.32 Å². The van der Waals surface area contributed by atoms with Gasteiger partial charge in [0, 0.05) is 0 Å². The van der Waals surface area contributed by atoms with Crippen LogP contribution < -0.4 is 10.9 Å². The molecule has 1 unspecified atom stereocenters. The highest BCUT2D eigenvalue weighted by Gasteiger charge is 2.15. The summed E-state index contributed by atoms with van der Waals surface area (Å²) in [6.07, 6.45) is 0. The number of thioether (sulfide) groups is 1. The molecule has 1 N–H and O–H groups in total. The maximum atomic E-state index is 13.2. The number of amides is 1. The van der Waals surface area contributed by atoms with Crippen LogP contribution in [0.25, 0.3) is 10.9 Å². The Bertz CT molecular complexity index is 1280. The van der Waals surface area contributed by atoms with E-state index in [0.29, 0.717) is 22.6 Å². The van der Waals surface area contributed by atoms with Gasteiger partial charge < -0.3 is 5.32 Å². The first-order valence-electron chi connectivity index (χ1n) is 10.5. The standard InChI is InChI=1S/C26H25N3O2S/c1-18-12-14-20(15-13-18)16-29-25(31)22-10-6-7-11-23(22)28-26(29)32-17-24(30)27-19(2)21-8-4-3-5-9-21/h3-15,19H,16-17H2,1-2H3,(H,27,30). The summed E-state index contributed by atoms with van der Waals surface area (Å²) in [5, 5.41) is 4.13. The van der Waals surface area contributed by atoms with Crippen molar-refractivity contribution in [1.82, 2.24) is 14.9 Å². The van der Waals surface area contributed by atoms with Crippen molar-refractivity contribution in [3.05, 3.63) is 106 Å². The summed E-state index contributed by atoms with van der Waals surface area (Å²) in [6, 6.07) is 25.1. The highest BCUT2D eigenvalue weighted by atomic mass is 32.2. The Labute approximate surface area is 191 Å². The monoisotopic (exact) mass is 443 g/mol. The molecule has 0 bridgehead atoms. The molecule has 4 rings (SSSR count). The topological polar surface area (TPSA) is 64.0 Å². The Morgan fingerprint density at radius 3 is 2.44 bits per heavy atom. The van der Waals surface area contributed by atoms with E-state index < -0.39 is 0 Å². The van der Waals surface area contributed by atoms with E-state index in [1.165, 1.54) is 11.8 Å². The number of hydrogen-bond donors (Lipinski definition) is 1. The third-order valence-electron chi connectivity index (χ3n) is 5.30. The number of carbonyl (C=O) groups excluding carboxylic acids is 1. The smallest absolute Gasteiger partial charge is 0.262 e. The molecule has 0 aliphatic heterocycles. The minimum atomic E-state index is -0.101. The number of nitrogens with zero attached hydrogens (tertiary/aromatic N) is 2. The number of benzene rings is 3. The van der Waals surface area contributed by atoms with Crippen LogP contribution in [0.5, 0.6) is 0 Å². The Morgan fingerprint density at radius 1 is 1.00 bits per heavy atom. The summed E-state index contributed by atoms with van der Waals surface area (Å²) in [5.74, 6) is 0.0752. The number of para-hydroxylation sites is 1. The molecule has 0 radical (unpaired) electrons. The summed E-state index contributed by atoms with van der Waals surface area (Å²) in [4.78, 5) is 30.6. The van der Waals surface area contributed by atoms with Crippen molar-refractivity contribution in [2.24, 2.45) is 0 Å². The van der Waals surface area contributed by atoms with Gasteiger partial charge in [-0.25, -0.2) is 4.98 Å².